The lowest BCUT2D eigenvalue weighted by atomic mass is 9.94. The van der Waals surface area contributed by atoms with E-state index in [9.17, 15) is 0 Å². The number of ether oxygens (including phenoxy) is 1. The zero-order valence-corrected chi connectivity index (χ0v) is 14.7. The number of unbranched alkanes of at least 4 members (excludes halogenated alkanes) is 6. The minimum atomic E-state index is 0.112. The van der Waals surface area contributed by atoms with E-state index in [0.717, 1.165) is 28.6 Å². The Labute approximate surface area is 137 Å². The maximum absolute atomic E-state index is 6.29. The predicted octanol–water partition coefficient (Wildman–Crippen LogP) is 5.74. The van der Waals surface area contributed by atoms with E-state index in [0.29, 0.717) is 6.10 Å². The van der Waals surface area contributed by atoms with Crippen LogP contribution >= 0.6 is 15.9 Å². The summed E-state index contributed by atoms with van der Waals surface area (Å²) in [6.45, 7) is 2.26. The molecular formula is C18H28BrNO. The first-order chi connectivity index (χ1) is 10.2. The first kappa shape index (κ1) is 16.8. The molecule has 1 aliphatic heterocycles. The number of halogens is 1. The highest BCUT2D eigenvalue weighted by atomic mass is 79.9. The van der Waals surface area contributed by atoms with Gasteiger partial charge in [-0.05, 0) is 31.0 Å². The zero-order chi connectivity index (χ0) is 15.1. The van der Waals surface area contributed by atoms with E-state index in [-0.39, 0.29) is 6.04 Å². The monoisotopic (exact) mass is 353 g/mol. The molecule has 1 heterocycles. The third-order valence-corrected chi connectivity index (χ3v) is 4.80. The third kappa shape index (κ3) is 5.30. The Morgan fingerprint density at radius 1 is 1.14 bits per heavy atom. The van der Waals surface area contributed by atoms with Crippen molar-refractivity contribution in [3.8, 4) is 5.75 Å². The lowest BCUT2D eigenvalue weighted by Gasteiger charge is -2.30. The molecule has 0 saturated carbocycles. The fourth-order valence-electron chi connectivity index (χ4n) is 3.06. The van der Waals surface area contributed by atoms with Gasteiger partial charge in [0.2, 0.25) is 0 Å². The molecule has 0 amide bonds. The highest BCUT2D eigenvalue weighted by molar-refractivity contribution is 9.10. The molecule has 0 aliphatic carbocycles. The van der Waals surface area contributed by atoms with Gasteiger partial charge in [-0.15, -0.1) is 0 Å². The second-order valence-electron chi connectivity index (χ2n) is 6.17. The van der Waals surface area contributed by atoms with E-state index in [1.807, 2.05) is 12.1 Å². The summed E-state index contributed by atoms with van der Waals surface area (Å²) in [4.78, 5) is 0. The second-order valence-corrected chi connectivity index (χ2v) is 7.09. The smallest absolute Gasteiger partial charge is 0.124 e. The van der Waals surface area contributed by atoms with Gasteiger partial charge in [-0.3, -0.25) is 0 Å². The average molecular weight is 354 g/mol. The molecule has 2 N–H and O–H groups in total. The third-order valence-electron chi connectivity index (χ3n) is 4.31. The quantitative estimate of drug-likeness (QED) is 0.604. The fourth-order valence-corrected chi connectivity index (χ4v) is 3.44. The van der Waals surface area contributed by atoms with Crippen molar-refractivity contribution in [2.24, 2.45) is 5.73 Å². The molecule has 0 aromatic heterocycles. The van der Waals surface area contributed by atoms with Crippen LogP contribution in [0.25, 0.3) is 0 Å². The molecule has 2 unspecified atom stereocenters. The summed E-state index contributed by atoms with van der Waals surface area (Å²) in [5.74, 6) is 0.977. The van der Waals surface area contributed by atoms with Gasteiger partial charge in [0.15, 0.2) is 0 Å². The molecule has 0 radical (unpaired) electrons. The Kier molecular flexibility index (Phi) is 7.05. The molecule has 21 heavy (non-hydrogen) atoms. The van der Waals surface area contributed by atoms with E-state index in [1.165, 1.54) is 44.9 Å². The Hall–Kier alpha value is -0.540. The van der Waals surface area contributed by atoms with Gasteiger partial charge in [0, 0.05) is 22.5 Å². The minimum absolute atomic E-state index is 0.112. The summed E-state index contributed by atoms with van der Waals surface area (Å²) >= 11 is 3.50. The van der Waals surface area contributed by atoms with Crippen molar-refractivity contribution < 1.29 is 4.74 Å². The molecule has 1 aromatic rings. The summed E-state index contributed by atoms with van der Waals surface area (Å²) in [5.41, 5.74) is 7.43. The van der Waals surface area contributed by atoms with Gasteiger partial charge in [0.25, 0.3) is 0 Å². The van der Waals surface area contributed by atoms with Crippen molar-refractivity contribution in [3.05, 3.63) is 28.2 Å². The van der Waals surface area contributed by atoms with Gasteiger partial charge in [0.05, 0.1) is 0 Å². The van der Waals surface area contributed by atoms with E-state index in [1.54, 1.807) is 0 Å². The van der Waals surface area contributed by atoms with Crippen LogP contribution in [0.15, 0.2) is 22.7 Å². The maximum Gasteiger partial charge on any atom is 0.124 e. The molecule has 1 aliphatic rings. The normalized spacial score (nSPS) is 20.9. The molecule has 2 nitrogen and oxygen atoms in total. The summed E-state index contributed by atoms with van der Waals surface area (Å²) in [6, 6.07) is 6.27. The number of nitrogens with two attached hydrogens (primary N) is 1. The van der Waals surface area contributed by atoms with Crippen molar-refractivity contribution in [2.45, 2.75) is 76.9 Å². The van der Waals surface area contributed by atoms with Crippen molar-refractivity contribution >= 4 is 15.9 Å². The molecule has 3 heteroatoms. The largest absolute Gasteiger partial charge is 0.490 e. The highest BCUT2D eigenvalue weighted by Crippen LogP contribution is 2.36. The maximum atomic E-state index is 6.29. The minimum Gasteiger partial charge on any atom is -0.490 e. The zero-order valence-electron chi connectivity index (χ0n) is 13.1. The number of benzene rings is 1. The van der Waals surface area contributed by atoms with Gasteiger partial charge in [-0.2, -0.15) is 0 Å². The van der Waals surface area contributed by atoms with Crippen LogP contribution in [0.5, 0.6) is 5.75 Å². The average Bonchev–Trinajstić information content (AvgIpc) is 2.47. The molecule has 118 valence electrons. The molecule has 2 atom stereocenters. The number of hydrogen-bond acceptors (Lipinski definition) is 2. The molecular weight excluding hydrogens is 326 g/mol. The van der Waals surface area contributed by atoms with E-state index < -0.39 is 0 Å². The van der Waals surface area contributed by atoms with Crippen LogP contribution in [-0.2, 0) is 0 Å². The van der Waals surface area contributed by atoms with Crippen LogP contribution in [0.4, 0.5) is 0 Å². The summed E-state index contributed by atoms with van der Waals surface area (Å²) in [7, 11) is 0. The van der Waals surface area contributed by atoms with E-state index in [4.69, 9.17) is 10.5 Å². The van der Waals surface area contributed by atoms with Crippen molar-refractivity contribution in [3.63, 3.8) is 0 Å². The molecule has 1 aromatic carbocycles. The number of hydrogen-bond donors (Lipinski definition) is 1. The summed E-state index contributed by atoms with van der Waals surface area (Å²) < 4.78 is 7.18. The fraction of sp³-hybridized carbons (Fsp3) is 0.667. The number of rotatable bonds is 8. The van der Waals surface area contributed by atoms with Crippen LogP contribution in [-0.4, -0.2) is 6.10 Å². The summed E-state index contributed by atoms with van der Waals surface area (Å²) in [5, 5.41) is 0. The van der Waals surface area contributed by atoms with Gasteiger partial charge in [0.1, 0.15) is 11.9 Å². The molecule has 0 spiro atoms. The molecule has 0 saturated heterocycles. The van der Waals surface area contributed by atoms with Gasteiger partial charge >= 0.3 is 0 Å². The second kappa shape index (κ2) is 8.79. The lowest BCUT2D eigenvalue weighted by molar-refractivity contribution is 0.146. The first-order valence-electron chi connectivity index (χ1n) is 8.42. The van der Waals surface area contributed by atoms with Crippen molar-refractivity contribution in [2.75, 3.05) is 0 Å². The topological polar surface area (TPSA) is 35.2 Å². The van der Waals surface area contributed by atoms with Crippen molar-refractivity contribution in [1.82, 2.24) is 0 Å². The predicted molar refractivity (Wildman–Crippen MR) is 92.7 cm³/mol. The number of fused-ring (bicyclic) bond motifs is 1. The first-order valence-corrected chi connectivity index (χ1v) is 9.21. The summed E-state index contributed by atoms with van der Waals surface area (Å²) in [6.07, 6.45) is 11.8. The van der Waals surface area contributed by atoms with Crippen LogP contribution in [0.1, 0.15) is 76.3 Å². The van der Waals surface area contributed by atoms with Crippen LogP contribution < -0.4 is 10.5 Å². The van der Waals surface area contributed by atoms with E-state index in [2.05, 4.69) is 28.9 Å². The van der Waals surface area contributed by atoms with Crippen LogP contribution in [0.2, 0.25) is 0 Å². The SMILES string of the molecule is CCCCCCCCCC1CC(N)c2cc(Br)ccc2O1. The highest BCUT2D eigenvalue weighted by Gasteiger charge is 2.25. The van der Waals surface area contributed by atoms with E-state index >= 15 is 0 Å². The Bertz CT molecular complexity index is 435. The van der Waals surface area contributed by atoms with Crippen LogP contribution in [0, 0.1) is 0 Å². The molecule has 2 rings (SSSR count). The standard InChI is InChI=1S/C18H28BrNO/c1-2-3-4-5-6-7-8-9-15-13-17(20)16-12-14(19)10-11-18(16)21-15/h10-12,15,17H,2-9,13,20H2,1H3. The van der Waals surface area contributed by atoms with Crippen LogP contribution in [0.3, 0.4) is 0 Å². The van der Waals surface area contributed by atoms with Gasteiger partial charge in [-0.1, -0.05) is 61.4 Å². The van der Waals surface area contributed by atoms with Crippen molar-refractivity contribution in [1.29, 1.82) is 0 Å². The Morgan fingerprint density at radius 2 is 1.86 bits per heavy atom. The Morgan fingerprint density at radius 3 is 2.62 bits per heavy atom. The van der Waals surface area contributed by atoms with Gasteiger partial charge in [-0.25, -0.2) is 0 Å². The Balaban J connectivity index is 1.70. The molecule has 0 bridgehead atoms. The molecule has 0 fully saturated rings. The lowest BCUT2D eigenvalue weighted by Crippen LogP contribution is -2.29. The van der Waals surface area contributed by atoms with Gasteiger partial charge < -0.3 is 10.5 Å².